The van der Waals surface area contributed by atoms with Crippen LogP contribution in [0, 0.1) is 6.92 Å². The molecule has 0 unspecified atom stereocenters. The molecular formula is C21H18N4O3S. The van der Waals surface area contributed by atoms with Crippen molar-refractivity contribution in [2.24, 2.45) is 0 Å². The number of aromatic nitrogens is 2. The smallest absolute Gasteiger partial charge is 0.323 e. The molecule has 2 aromatic heterocycles. The zero-order valence-corrected chi connectivity index (χ0v) is 16.6. The molecule has 0 saturated heterocycles. The number of benzene rings is 2. The topological polar surface area (TPSA) is 84.7 Å². The van der Waals surface area contributed by atoms with Crippen LogP contribution in [0.2, 0.25) is 0 Å². The number of nitrogens with one attached hydrogen (secondary N) is 2. The van der Waals surface area contributed by atoms with E-state index in [0.717, 1.165) is 11.3 Å². The van der Waals surface area contributed by atoms with Gasteiger partial charge in [0.2, 0.25) is 0 Å². The van der Waals surface area contributed by atoms with Crippen molar-refractivity contribution in [1.29, 1.82) is 0 Å². The number of carbonyl (C=O) groups is 1. The summed E-state index contributed by atoms with van der Waals surface area (Å²) in [5, 5.41) is 7.47. The van der Waals surface area contributed by atoms with Gasteiger partial charge in [0.25, 0.3) is 5.56 Å². The molecule has 0 fully saturated rings. The fraction of sp³-hybridized carbons (Fsp3) is 0.0952. The number of fused-ring (bicyclic) bond motifs is 1. The van der Waals surface area contributed by atoms with Gasteiger partial charge in [-0.25, -0.2) is 9.78 Å². The molecule has 0 aliphatic rings. The molecule has 7 nitrogen and oxygen atoms in total. The van der Waals surface area contributed by atoms with Crippen LogP contribution in [-0.2, 0) is 0 Å². The number of hydrogen-bond donors (Lipinski definition) is 2. The van der Waals surface area contributed by atoms with E-state index in [1.54, 1.807) is 48.8 Å². The summed E-state index contributed by atoms with van der Waals surface area (Å²) in [5.74, 6) is 0.656. The SMILES string of the molecule is COc1cccc(NC(=O)Nc2cccc(-c3csc4nc(C)cc(=O)n34)c2)c1. The molecule has 2 N–H and O–H groups in total. The van der Waals surface area contributed by atoms with Crippen LogP contribution in [0.3, 0.4) is 0 Å². The molecule has 0 aliphatic carbocycles. The number of carbonyl (C=O) groups excluding carboxylic acids is 1. The maximum Gasteiger partial charge on any atom is 0.323 e. The Bertz CT molecular complexity index is 1260. The van der Waals surface area contributed by atoms with Crippen molar-refractivity contribution < 1.29 is 9.53 Å². The van der Waals surface area contributed by atoms with Gasteiger partial charge >= 0.3 is 6.03 Å². The van der Waals surface area contributed by atoms with Crippen LogP contribution in [0.4, 0.5) is 16.2 Å². The average molecular weight is 406 g/mol. The summed E-state index contributed by atoms with van der Waals surface area (Å²) in [6.07, 6.45) is 0. The van der Waals surface area contributed by atoms with Crippen LogP contribution in [0.25, 0.3) is 16.2 Å². The summed E-state index contributed by atoms with van der Waals surface area (Å²) in [4.78, 5) is 29.8. The Morgan fingerprint density at radius 2 is 1.79 bits per heavy atom. The number of thiazole rings is 1. The third-order valence-electron chi connectivity index (χ3n) is 4.28. The second-order valence-electron chi connectivity index (χ2n) is 6.37. The van der Waals surface area contributed by atoms with E-state index in [1.165, 1.54) is 17.4 Å². The number of ether oxygens (including phenoxy) is 1. The van der Waals surface area contributed by atoms with Crippen molar-refractivity contribution in [2.45, 2.75) is 6.92 Å². The lowest BCUT2D eigenvalue weighted by atomic mass is 10.1. The molecule has 4 rings (SSSR count). The molecule has 29 heavy (non-hydrogen) atoms. The maximum atomic E-state index is 12.4. The van der Waals surface area contributed by atoms with Crippen molar-refractivity contribution in [3.63, 3.8) is 0 Å². The molecule has 0 saturated carbocycles. The predicted octanol–water partition coefficient (Wildman–Crippen LogP) is 4.38. The van der Waals surface area contributed by atoms with E-state index in [-0.39, 0.29) is 11.6 Å². The molecule has 146 valence electrons. The van der Waals surface area contributed by atoms with E-state index in [0.29, 0.717) is 27.8 Å². The number of methoxy groups -OCH3 is 1. The Balaban J connectivity index is 1.58. The molecule has 0 bridgehead atoms. The van der Waals surface area contributed by atoms with E-state index >= 15 is 0 Å². The lowest BCUT2D eigenvalue weighted by molar-refractivity contribution is 0.262. The first-order chi connectivity index (χ1) is 14.0. The molecule has 8 heteroatoms. The van der Waals surface area contributed by atoms with Gasteiger partial charge in [-0.3, -0.25) is 9.20 Å². The minimum absolute atomic E-state index is 0.127. The first-order valence-electron chi connectivity index (χ1n) is 8.84. The minimum Gasteiger partial charge on any atom is -0.497 e. The van der Waals surface area contributed by atoms with Crippen LogP contribution in [0.5, 0.6) is 5.75 Å². The summed E-state index contributed by atoms with van der Waals surface area (Å²) >= 11 is 1.40. The Morgan fingerprint density at radius 1 is 1.07 bits per heavy atom. The standard InChI is InChI=1S/C21H18N4O3S/c1-13-9-19(26)25-18(12-29-21(25)22-13)14-5-3-6-15(10-14)23-20(27)24-16-7-4-8-17(11-16)28-2/h3-12H,1-2H3,(H2,23,24,27). The summed E-state index contributed by atoms with van der Waals surface area (Å²) in [7, 11) is 1.57. The van der Waals surface area contributed by atoms with E-state index in [1.807, 2.05) is 23.6 Å². The molecule has 4 aromatic rings. The van der Waals surface area contributed by atoms with Gasteiger partial charge in [-0.2, -0.15) is 0 Å². The zero-order chi connectivity index (χ0) is 20.4. The first-order valence-corrected chi connectivity index (χ1v) is 9.72. The van der Waals surface area contributed by atoms with Crippen LogP contribution >= 0.6 is 11.3 Å². The monoisotopic (exact) mass is 406 g/mol. The number of hydrogen-bond acceptors (Lipinski definition) is 5. The molecule has 0 aliphatic heterocycles. The van der Waals surface area contributed by atoms with Crippen molar-refractivity contribution in [2.75, 3.05) is 17.7 Å². The van der Waals surface area contributed by atoms with Gasteiger partial charge in [-0.1, -0.05) is 18.2 Å². The van der Waals surface area contributed by atoms with Crippen molar-refractivity contribution in [1.82, 2.24) is 9.38 Å². The first kappa shape index (κ1) is 18.7. The van der Waals surface area contributed by atoms with E-state index in [2.05, 4.69) is 15.6 Å². The Hall–Kier alpha value is -3.65. The van der Waals surface area contributed by atoms with Crippen molar-refractivity contribution in [3.05, 3.63) is 76.0 Å². The number of aryl methyl sites for hydroxylation is 1. The van der Waals surface area contributed by atoms with Crippen LogP contribution in [-0.4, -0.2) is 22.5 Å². The minimum atomic E-state index is -0.375. The number of nitrogens with zero attached hydrogens (tertiary/aromatic N) is 2. The maximum absolute atomic E-state index is 12.4. The lowest BCUT2D eigenvalue weighted by Crippen LogP contribution is -2.19. The molecule has 0 atom stereocenters. The highest BCUT2D eigenvalue weighted by atomic mass is 32.1. The summed E-state index contributed by atoms with van der Waals surface area (Å²) in [6.45, 7) is 1.80. The number of rotatable bonds is 4. The van der Waals surface area contributed by atoms with Gasteiger partial charge in [0.05, 0.1) is 12.8 Å². The molecule has 0 spiro atoms. The highest BCUT2D eigenvalue weighted by molar-refractivity contribution is 7.15. The van der Waals surface area contributed by atoms with E-state index < -0.39 is 0 Å². The summed E-state index contributed by atoms with van der Waals surface area (Å²) in [6, 6.07) is 15.6. The van der Waals surface area contributed by atoms with E-state index in [9.17, 15) is 9.59 Å². The fourth-order valence-corrected chi connectivity index (χ4v) is 3.93. The Labute approximate surface area is 170 Å². The second-order valence-corrected chi connectivity index (χ2v) is 7.20. The predicted molar refractivity (Wildman–Crippen MR) is 115 cm³/mol. The molecule has 2 amide bonds. The summed E-state index contributed by atoms with van der Waals surface area (Å²) in [5.41, 5.74) is 3.33. The fourth-order valence-electron chi connectivity index (χ4n) is 2.98. The Morgan fingerprint density at radius 3 is 2.55 bits per heavy atom. The molecule has 2 heterocycles. The quantitative estimate of drug-likeness (QED) is 0.527. The third kappa shape index (κ3) is 3.97. The van der Waals surface area contributed by atoms with Crippen LogP contribution < -0.4 is 20.9 Å². The van der Waals surface area contributed by atoms with Gasteiger partial charge in [0.1, 0.15) is 5.75 Å². The zero-order valence-electron chi connectivity index (χ0n) is 15.8. The lowest BCUT2D eigenvalue weighted by Gasteiger charge is -2.10. The highest BCUT2D eigenvalue weighted by Crippen LogP contribution is 2.26. The summed E-state index contributed by atoms with van der Waals surface area (Å²) < 4.78 is 6.74. The van der Waals surface area contributed by atoms with Crippen LogP contribution in [0.15, 0.2) is 64.8 Å². The van der Waals surface area contributed by atoms with Crippen LogP contribution in [0.1, 0.15) is 5.69 Å². The molecule has 2 aromatic carbocycles. The van der Waals surface area contributed by atoms with Crippen molar-refractivity contribution >= 4 is 33.7 Å². The van der Waals surface area contributed by atoms with Crippen molar-refractivity contribution in [3.8, 4) is 17.0 Å². The number of anilines is 2. The number of urea groups is 1. The average Bonchev–Trinajstić information content (AvgIpc) is 3.12. The molecule has 0 radical (unpaired) electrons. The van der Waals surface area contributed by atoms with E-state index in [4.69, 9.17) is 4.74 Å². The van der Waals surface area contributed by atoms with Gasteiger partial charge in [-0.15, -0.1) is 11.3 Å². The second kappa shape index (κ2) is 7.76. The van der Waals surface area contributed by atoms with Gasteiger partial charge in [0, 0.05) is 40.1 Å². The highest BCUT2D eigenvalue weighted by Gasteiger charge is 2.11. The van der Waals surface area contributed by atoms with Gasteiger partial charge < -0.3 is 15.4 Å². The largest absolute Gasteiger partial charge is 0.497 e. The third-order valence-corrected chi connectivity index (χ3v) is 5.10. The Kier molecular flexibility index (Phi) is 5.01. The number of amides is 2. The molecular weight excluding hydrogens is 388 g/mol. The van der Waals surface area contributed by atoms with Gasteiger partial charge in [-0.05, 0) is 31.2 Å². The van der Waals surface area contributed by atoms with Gasteiger partial charge in [0.15, 0.2) is 4.96 Å². The normalized spacial score (nSPS) is 10.7.